The third-order valence-electron chi connectivity index (χ3n) is 0. The van der Waals surface area contributed by atoms with E-state index in [0.29, 0.717) is 0 Å². The molecule has 0 atom stereocenters. The second kappa shape index (κ2) is 36.3. The molecular weight excluding hydrogens is 319 g/mol. The summed E-state index contributed by atoms with van der Waals surface area (Å²) in [5.41, 5.74) is 0. The second-order valence-corrected chi connectivity index (χ2v) is 2.69. The van der Waals surface area contributed by atoms with Crippen molar-refractivity contribution in [2.45, 2.75) is 44.6 Å². The average Bonchev–Trinajstić information content (AvgIpc) is 1.12. The molecule has 0 aliphatic carbocycles. The summed E-state index contributed by atoms with van der Waals surface area (Å²) in [6.07, 6.45) is 0. The average molecular weight is 352 g/mol. The van der Waals surface area contributed by atoms with Crippen molar-refractivity contribution in [3.8, 4) is 0 Å². The fraction of sp³-hybridized carbons (Fsp3) is 1.00. The Morgan fingerprint density at radius 2 is 0.526 bits per heavy atom. The summed E-state index contributed by atoms with van der Waals surface area (Å²) < 4.78 is 63.2. The first kappa shape index (κ1) is 91.3. The maximum atomic E-state index is 8.74. The van der Waals surface area contributed by atoms with Crippen molar-refractivity contribution in [1.82, 2.24) is 0 Å². The molecule has 0 aromatic carbocycles. The predicted molar refractivity (Wildman–Crippen MR) is 77.1 cm³/mol. The molecule has 0 heterocycles. The van der Waals surface area contributed by atoms with E-state index in [1.807, 2.05) is 0 Å². The van der Waals surface area contributed by atoms with E-state index in [9.17, 15) is 0 Å². The second-order valence-electron chi connectivity index (χ2n) is 0.896. The molecule has 0 bridgehead atoms. The van der Waals surface area contributed by atoms with Crippen LogP contribution in [0.3, 0.4) is 0 Å². The fourth-order valence-electron chi connectivity index (χ4n) is 0. The summed E-state index contributed by atoms with van der Waals surface area (Å²) in [5.74, 6) is 0. The topological polar surface area (TPSA) is 212 Å². The van der Waals surface area contributed by atoms with Crippen molar-refractivity contribution in [2.24, 2.45) is 0 Å². The van der Waals surface area contributed by atoms with Crippen LogP contribution in [0.5, 0.6) is 0 Å². The van der Waals surface area contributed by atoms with Crippen molar-refractivity contribution in [1.29, 1.82) is 0 Å². The van der Waals surface area contributed by atoms with Crippen LogP contribution in [-0.2, 0) is 20.8 Å². The smallest absolute Gasteiger partial charge is 1.00 e. The van der Waals surface area contributed by atoms with E-state index >= 15 is 0 Å². The normalized spacial score (nSPS) is 6.11. The van der Waals surface area contributed by atoms with Gasteiger partial charge in [0, 0.05) is 0 Å². The van der Waals surface area contributed by atoms with Crippen molar-refractivity contribution in [2.75, 3.05) is 0 Å². The molecule has 19 heavy (non-hydrogen) atoms. The molecule has 0 saturated carbocycles. The van der Waals surface area contributed by atoms with Gasteiger partial charge in [-0.3, -0.25) is 18.2 Å². The van der Waals surface area contributed by atoms with E-state index in [2.05, 4.69) is 0 Å². The Hall–Kier alpha value is 0.660. The first-order valence-electron chi connectivity index (χ1n) is 1.40. The van der Waals surface area contributed by atoms with Gasteiger partial charge in [-0.2, -0.15) is 16.8 Å². The molecule has 0 fully saturated rings. The summed E-state index contributed by atoms with van der Waals surface area (Å²) in [4.78, 5) is 0. The molecule has 0 aromatic heterocycles. The van der Waals surface area contributed by atoms with Gasteiger partial charge in [0.1, 0.15) is 0 Å². The Morgan fingerprint density at radius 1 is 0.526 bits per heavy atom. The Bertz CT molecular complexity index is 232. The summed E-state index contributed by atoms with van der Waals surface area (Å²) in [6, 6.07) is 0. The summed E-state index contributed by atoms with van der Waals surface area (Å²) in [5, 5.41) is 0. The Morgan fingerprint density at radius 3 is 0.526 bits per heavy atom. The number of hydrogen-bond acceptors (Lipinski definition) is 4. The molecule has 0 aliphatic heterocycles. The van der Waals surface area contributed by atoms with E-state index in [1.165, 1.54) is 0 Å². The van der Waals surface area contributed by atoms with Crippen LogP contribution in [0.1, 0.15) is 46.0 Å². The minimum Gasteiger partial charge on any atom is -1.00 e. The van der Waals surface area contributed by atoms with Gasteiger partial charge in [0.15, 0.2) is 0 Å². The third-order valence-corrected chi connectivity index (χ3v) is 0. The van der Waals surface area contributed by atoms with Crippen molar-refractivity contribution in [3.05, 3.63) is 0 Å². The van der Waals surface area contributed by atoms with Gasteiger partial charge < -0.3 is 12.4 Å². The minimum absolute atomic E-state index is 0. The first-order valence-corrected chi connectivity index (χ1v) is 4.19. The van der Waals surface area contributed by atoms with Crippen LogP contribution in [0.25, 0.3) is 0 Å². The molecule has 8 N–H and O–H groups in total. The van der Waals surface area contributed by atoms with Gasteiger partial charge in [-0.05, 0) is 0 Å². The van der Waals surface area contributed by atoms with Gasteiger partial charge in [-0.15, -0.1) is 0 Å². The van der Waals surface area contributed by atoms with E-state index < -0.39 is 20.8 Å². The summed E-state index contributed by atoms with van der Waals surface area (Å²) in [6.45, 7) is 0. The quantitative estimate of drug-likeness (QED) is 0.281. The molecule has 0 aromatic rings. The molecular formula is C6H33NaO10S2. The SMILES string of the molecule is C.C.C.C.C.C.O.O.O=S(=O)(O)O.O=S(=O)(O)O.[H-].[Na+]. The number of rotatable bonds is 0. The van der Waals surface area contributed by atoms with Gasteiger partial charge in [-0.25, -0.2) is 0 Å². The Kier molecular flexibility index (Phi) is 174. The summed E-state index contributed by atoms with van der Waals surface area (Å²) >= 11 is 0. The zero-order valence-corrected chi connectivity index (χ0v) is 9.87. The van der Waals surface area contributed by atoms with Crippen LogP contribution in [0, 0.1) is 0 Å². The molecule has 13 heteroatoms. The van der Waals surface area contributed by atoms with E-state index in [0.717, 1.165) is 0 Å². The zero-order valence-electron chi connectivity index (χ0n) is 7.24. The van der Waals surface area contributed by atoms with Gasteiger partial charge in [0.05, 0.1) is 0 Å². The van der Waals surface area contributed by atoms with E-state index in [-0.39, 0.29) is 86.5 Å². The monoisotopic (exact) mass is 352 g/mol. The maximum Gasteiger partial charge on any atom is 1.00 e. The van der Waals surface area contributed by atoms with Crippen LogP contribution < -0.4 is 29.6 Å². The molecule has 0 aliphatic rings. The van der Waals surface area contributed by atoms with Crippen molar-refractivity contribution >= 4 is 20.8 Å². The molecule has 10 nitrogen and oxygen atoms in total. The molecule has 0 rings (SSSR count). The predicted octanol–water partition coefficient (Wildman–Crippen LogP) is -2.02. The van der Waals surface area contributed by atoms with Gasteiger partial charge in [-0.1, -0.05) is 44.6 Å². The van der Waals surface area contributed by atoms with Gasteiger partial charge in [0.2, 0.25) is 0 Å². The largest absolute Gasteiger partial charge is 1.00 e. The van der Waals surface area contributed by atoms with E-state index in [1.54, 1.807) is 0 Å². The van der Waals surface area contributed by atoms with Crippen LogP contribution in [0.2, 0.25) is 0 Å². The van der Waals surface area contributed by atoms with Crippen LogP contribution in [0.15, 0.2) is 0 Å². The first-order chi connectivity index (χ1) is 4.00. The van der Waals surface area contributed by atoms with Gasteiger partial charge in [0.25, 0.3) is 0 Å². The summed E-state index contributed by atoms with van der Waals surface area (Å²) in [7, 11) is -9.33. The minimum atomic E-state index is -4.67. The molecule has 0 radical (unpaired) electrons. The van der Waals surface area contributed by atoms with Crippen molar-refractivity contribution < 1.29 is 77.0 Å². The molecule has 130 valence electrons. The zero-order chi connectivity index (χ0) is 9.00. The third kappa shape index (κ3) is 11900. The van der Waals surface area contributed by atoms with Crippen molar-refractivity contribution in [3.63, 3.8) is 0 Å². The molecule has 0 unspecified atom stereocenters. The van der Waals surface area contributed by atoms with E-state index in [4.69, 9.17) is 35.0 Å². The number of hydrogen-bond donors (Lipinski definition) is 4. The Labute approximate surface area is 142 Å². The molecule has 0 saturated heterocycles. The maximum absolute atomic E-state index is 8.74. The Balaban J connectivity index is -0.00000000427. The molecule has 0 amide bonds. The fourth-order valence-corrected chi connectivity index (χ4v) is 0. The molecule has 0 spiro atoms. The standard InChI is InChI=1S/6CH4.Na.2H2O4S.2H2O.H/c;;;;;;;2*1-5(2,3)4;;;/h6*1H4;;2*(H2,1,2,3,4);2*1H2;/q;;;;;;+1;;;;;-1. The van der Waals surface area contributed by atoms with Crippen LogP contribution >= 0.6 is 0 Å². The van der Waals surface area contributed by atoms with Crippen LogP contribution in [0.4, 0.5) is 0 Å². The van der Waals surface area contributed by atoms with Crippen LogP contribution in [-0.4, -0.2) is 46.0 Å². The van der Waals surface area contributed by atoms with Gasteiger partial charge >= 0.3 is 50.4 Å².